The van der Waals surface area contributed by atoms with Crippen molar-refractivity contribution >= 4 is 11.9 Å². The molecule has 1 saturated carbocycles. The highest BCUT2D eigenvalue weighted by molar-refractivity contribution is 5.80. The molecule has 1 aromatic heterocycles. The Morgan fingerprint density at radius 2 is 2.00 bits per heavy atom. The molecule has 2 rings (SSSR count). The fourth-order valence-corrected chi connectivity index (χ4v) is 1.93. The summed E-state index contributed by atoms with van der Waals surface area (Å²) in [5.74, 6) is -0.782. The van der Waals surface area contributed by atoms with E-state index in [9.17, 15) is 27.2 Å². The maximum absolute atomic E-state index is 13.6. The lowest BCUT2D eigenvalue weighted by molar-refractivity contribution is -0.141. The van der Waals surface area contributed by atoms with Gasteiger partial charge in [0.25, 0.3) is 5.91 Å². The van der Waals surface area contributed by atoms with Crippen molar-refractivity contribution in [2.75, 3.05) is 6.54 Å². The van der Waals surface area contributed by atoms with Crippen molar-refractivity contribution in [1.82, 2.24) is 25.9 Å². The molecule has 0 saturated heterocycles. The first-order valence-corrected chi connectivity index (χ1v) is 6.80. The Labute approximate surface area is 128 Å². The highest BCUT2D eigenvalue weighted by Gasteiger charge is 2.37. The highest BCUT2D eigenvalue weighted by atomic mass is 19.4. The van der Waals surface area contributed by atoms with E-state index in [1.807, 2.05) is 10.9 Å². The molecule has 1 fully saturated rings. The minimum absolute atomic E-state index is 0.164. The van der Waals surface area contributed by atoms with Crippen LogP contribution in [0.3, 0.4) is 0 Å². The summed E-state index contributed by atoms with van der Waals surface area (Å²) in [6.07, 6.45) is -2.09. The van der Waals surface area contributed by atoms with E-state index in [0.717, 1.165) is 23.4 Å². The minimum atomic E-state index is -4.59. The lowest BCUT2D eigenvalue weighted by Gasteiger charge is -2.33. The monoisotopic (exact) mass is 337 g/mol. The second kappa shape index (κ2) is 6.42. The molecular weight excluding hydrogens is 322 g/mol. The topological polar surface area (TPSA) is 88.1 Å². The van der Waals surface area contributed by atoms with Crippen LogP contribution in [-0.4, -0.2) is 33.9 Å². The molecule has 1 heterocycles. The SMILES string of the molecule is O=C(Cn1ccc(C(F)(F)F)n1)NNC(=O)NCC1(F)CCC1. The maximum Gasteiger partial charge on any atom is 0.435 e. The van der Waals surface area contributed by atoms with Crippen LogP contribution in [0.2, 0.25) is 0 Å². The first kappa shape index (κ1) is 17.0. The standard InChI is InChI=1S/C12H15F4N5O2/c13-11(3-1-4-11)7-17-10(23)19-18-9(22)6-21-5-2-8(20-21)12(14,15)16/h2,5H,1,3-4,6-7H2,(H,18,22)(H2,17,19,23). The van der Waals surface area contributed by atoms with Crippen LogP contribution in [0.15, 0.2) is 12.3 Å². The quantitative estimate of drug-likeness (QED) is 0.568. The number of hydrazine groups is 1. The third-order valence-electron chi connectivity index (χ3n) is 3.37. The smallest absolute Gasteiger partial charge is 0.334 e. The lowest BCUT2D eigenvalue weighted by Crippen LogP contribution is -2.52. The van der Waals surface area contributed by atoms with E-state index >= 15 is 0 Å². The zero-order valence-corrected chi connectivity index (χ0v) is 11.9. The van der Waals surface area contributed by atoms with Gasteiger partial charge >= 0.3 is 12.2 Å². The molecule has 1 aliphatic rings. The van der Waals surface area contributed by atoms with Crippen LogP contribution >= 0.6 is 0 Å². The van der Waals surface area contributed by atoms with Gasteiger partial charge in [0, 0.05) is 6.20 Å². The van der Waals surface area contributed by atoms with Gasteiger partial charge in [-0.15, -0.1) is 0 Å². The van der Waals surface area contributed by atoms with Crippen LogP contribution < -0.4 is 16.2 Å². The fourth-order valence-electron chi connectivity index (χ4n) is 1.93. The largest absolute Gasteiger partial charge is 0.435 e. The van der Waals surface area contributed by atoms with Gasteiger partial charge in [0.05, 0.1) is 6.54 Å². The van der Waals surface area contributed by atoms with Gasteiger partial charge in [-0.25, -0.2) is 14.6 Å². The van der Waals surface area contributed by atoms with E-state index < -0.39 is 36.0 Å². The van der Waals surface area contributed by atoms with E-state index in [0.29, 0.717) is 12.8 Å². The Bertz CT molecular complexity index is 582. The number of alkyl halides is 4. The van der Waals surface area contributed by atoms with Crippen LogP contribution in [-0.2, 0) is 17.5 Å². The molecule has 128 valence electrons. The van der Waals surface area contributed by atoms with Gasteiger partial charge < -0.3 is 5.32 Å². The molecule has 0 radical (unpaired) electrons. The maximum atomic E-state index is 13.6. The zero-order valence-electron chi connectivity index (χ0n) is 11.9. The summed E-state index contributed by atoms with van der Waals surface area (Å²) in [5.41, 5.74) is 1.45. The Morgan fingerprint density at radius 3 is 2.52 bits per heavy atom. The normalized spacial score (nSPS) is 16.3. The molecule has 3 N–H and O–H groups in total. The van der Waals surface area contributed by atoms with Crippen LogP contribution in [0.4, 0.5) is 22.4 Å². The second-order valence-electron chi connectivity index (χ2n) is 5.26. The van der Waals surface area contributed by atoms with Gasteiger partial charge in [0.15, 0.2) is 5.69 Å². The summed E-state index contributed by atoms with van der Waals surface area (Å²) in [4.78, 5) is 22.8. The molecule has 0 bridgehead atoms. The number of urea groups is 1. The summed E-state index contributed by atoms with van der Waals surface area (Å²) in [7, 11) is 0. The summed E-state index contributed by atoms with van der Waals surface area (Å²) >= 11 is 0. The number of amides is 3. The van der Waals surface area contributed by atoms with Gasteiger partial charge in [-0.1, -0.05) is 0 Å². The first-order valence-electron chi connectivity index (χ1n) is 6.80. The van der Waals surface area contributed by atoms with Gasteiger partial charge in [-0.3, -0.25) is 14.9 Å². The highest BCUT2D eigenvalue weighted by Crippen LogP contribution is 2.34. The summed E-state index contributed by atoms with van der Waals surface area (Å²) in [6, 6.07) is -0.0778. The van der Waals surface area contributed by atoms with Crippen molar-refractivity contribution in [3.8, 4) is 0 Å². The van der Waals surface area contributed by atoms with E-state index in [-0.39, 0.29) is 6.54 Å². The van der Waals surface area contributed by atoms with Crippen molar-refractivity contribution in [2.45, 2.75) is 37.7 Å². The average molecular weight is 337 g/mol. The Kier molecular flexibility index (Phi) is 4.76. The number of nitrogens with one attached hydrogen (secondary N) is 3. The number of carbonyl (C=O) groups is 2. The molecular formula is C12H15F4N5O2. The molecule has 0 atom stereocenters. The Morgan fingerprint density at radius 1 is 1.30 bits per heavy atom. The van der Waals surface area contributed by atoms with Crippen LogP contribution in [0.5, 0.6) is 0 Å². The number of hydrogen-bond donors (Lipinski definition) is 3. The summed E-state index contributed by atoms with van der Waals surface area (Å²) in [5, 5.41) is 5.45. The van der Waals surface area contributed by atoms with Gasteiger partial charge in [0.1, 0.15) is 12.2 Å². The Balaban J connectivity index is 1.70. The number of nitrogens with zero attached hydrogens (tertiary/aromatic N) is 2. The van der Waals surface area contributed by atoms with Gasteiger partial charge in [-0.05, 0) is 25.3 Å². The molecule has 3 amide bonds. The second-order valence-corrected chi connectivity index (χ2v) is 5.26. The van der Waals surface area contributed by atoms with Crippen molar-refractivity contribution < 1.29 is 27.2 Å². The van der Waals surface area contributed by atoms with Crippen LogP contribution in [0.25, 0.3) is 0 Å². The minimum Gasteiger partial charge on any atom is -0.334 e. The molecule has 23 heavy (non-hydrogen) atoms. The van der Waals surface area contributed by atoms with E-state index in [1.165, 1.54) is 0 Å². The molecule has 0 unspecified atom stereocenters. The molecule has 0 spiro atoms. The van der Waals surface area contributed by atoms with Crippen molar-refractivity contribution in [1.29, 1.82) is 0 Å². The predicted octanol–water partition coefficient (Wildman–Crippen LogP) is 1.12. The summed E-state index contributed by atoms with van der Waals surface area (Å²) < 4.78 is 51.4. The number of rotatable bonds is 4. The fraction of sp³-hybridized carbons (Fsp3) is 0.583. The van der Waals surface area contributed by atoms with E-state index in [4.69, 9.17) is 0 Å². The molecule has 0 aromatic carbocycles. The van der Waals surface area contributed by atoms with Crippen LogP contribution in [0.1, 0.15) is 25.0 Å². The zero-order chi connectivity index (χ0) is 17.1. The van der Waals surface area contributed by atoms with Crippen molar-refractivity contribution in [3.63, 3.8) is 0 Å². The van der Waals surface area contributed by atoms with Crippen molar-refractivity contribution in [2.24, 2.45) is 0 Å². The number of carbonyl (C=O) groups excluding carboxylic acids is 2. The Hall–Kier alpha value is -2.33. The number of halogens is 4. The molecule has 1 aliphatic carbocycles. The average Bonchev–Trinajstić information content (AvgIpc) is 2.89. The number of hydrogen-bond acceptors (Lipinski definition) is 3. The molecule has 0 aliphatic heterocycles. The first-order chi connectivity index (χ1) is 10.7. The number of aromatic nitrogens is 2. The van der Waals surface area contributed by atoms with Crippen LogP contribution in [0, 0.1) is 0 Å². The van der Waals surface area contributed by atoms with Gasteiger partial charge in [-0.2, -0.15) is 18.3 Å². The third kappa shape index (κ3) is 4.83. The van der Waals surface area contributed by atoms with E-state index in [2.05, 4.69) is 10.4 Å². The summed E-state index contributed by atoms with van der Waals surface area (Å²) in [6.45, 7) is -0.674. The van der Waals surface area contributed by atoms with E-state index in [1.54, 1.807) is 0 Å². The lowest BCUT2D eigenvalue weighted by atomic mass is 9.82. The van der Waals surface area contributed by atoms with Gasteiger partial charge in [0.2, 0.25) is 0 Å². The van der Waals surface area contributed by atoms with Crippen molar-refractivity contribution in [3.05, 3.63) is 18.0 Å². The predicted molar refractivity (Wildman–Crippen MR) is 69.6 cm³/mol. The third-order valence-corrected chi connectivity index (χ3v) is 3.37. The molecule has 1 aromatic rings. The molecule has 7 nitrogen and oxygen atoms in total. The molecule has 11 heteroatoms.